The van der Waals surface area contributed by atoms with Crippen LogP contribution in [0.4, 0.5) is 4.39 Å². The van der Waals surface area contributed by atoms with Crippen LogP contribution in [-0.2, 0) is 6.61 Å². The van der Waals surface area contributed by atoms with E-state index < -0.39 is 0 Å². The molecule has 1 aromatic heterocycles. The number of nitrogens with zero attached hydrogens (tertiary/aromatic N) is 1. The lowest BCUT2D eigenvalue weighted by molar-refractivity contribution is 0.299. The first-order chi connectivity index (χ1) is 16.6. The second-order valence-corrected chi connectivity index (χ2v) is 9.46. The highest BCUT2D eigenvalue weighted by molar-refractivity contribution is 9.11. The van der Waals surface area contributed by atoms with Crippen molar-refractivity contribution in [2.45, 2.75) is 6.61 Å². The molecule has 4 aromatic carbocycles. The Balaban J connectivity index is 1.62. The Morgan fingerprint density at radius 1 is 0.794 bits per heavy atom. The average Bonchev–Trinajstić information content (AvgIpc) is 3.31. The molecule has 0 bridgehead atoms. The number of benzene rings is 4. The first-order valence-electron chi connectivity index (χ1n) is 10.7. The predicted molar refractivity (Wildman–Crippen MR) is 141 cm³/mol. The minimum Gasteiger partial charge on any atom is -0.487 e. The fraction of sp³-hybridized carbons (Fsp3) is 0.0357. The van der Waals surface area contributed by atoms with E-state index in [2.05, 4.69) is 49.0 Å². The van der Waals surface area contributed by atoms with E-state index in [1.54, 1.807) is 18.2 Å². The number of halogens is 3. The van der Waals surface area contributed by atoms with Crippen molar-refractivity contribution in [1.29, 1.82) is 0 Å². The normalized spacial score (nSPS) is 10.9. The Morgan fingerprint density at radius 2 is 1.44 bits per heavy atom. The lowest BCUT2D eigenvalue weighted by Gasteiger charge is -2.13. The summed E-state index contributed by atoms with van der Waals surface area (Å²) in [5, 5.41) is 0. The van der Waals surface area contributed by atoms with Gasteiger partial charge in [0, 0.05) is 21.2 Å². The third-order valence-electron chi connectivity index (χ3n) is 5.41. The van der Waals surface area contributed by atoms with Gasteiger partial charge in [-0.1, -0.05) is 94.8 Å². The van der Waals surface area contributed by atoms with E-state index in [-0.39, 0.29) is 12.4 Å². The molecule has 168 valence electrons. The zero-order chi connectivity index (χ0) is 23.5. The summed E-state index contributed by atoms with van der Waals surface area (Å²) in [5.41, 5.74) is 5.04. The summed E-state index contributed by atoms with van der Waals surface area (Å²) in [6.07, 6.45) is 0. The molecule has 0 radical (unpaired) electrons. The van der Waals surface area contributed by atoms with E-state index in [0.717, 1.165) is 37.0 Å². The van der Waals surface area contributed by atoms with E-state index in [9.17, 15) is 4.39 Å². The van der Waals surface area contributed by atoms with Crippen LogP contribution in [0, 0.1) is 5.82 Å². The number of hydrogen-bond acceptors (Lipinski definition) is 2. The van der Waals surface area contributed by atoms with Gasteiger partial charge in [0.2, 0.25) is 0 Å². The smallest absolute Gasteiger partial charge is 0.145 e. The summed E-state index contributed by atoms with van der Waals surface area (Å²) in [6, 6.07) is 30.6. The fourth-order valence-corrected chi connectivity index (χ4v) is 5.11. The number of rotatable bonds is 6. The highest BCUT2D eigenvalue weighted by atomic mass is 79.9. The molecule has 5 rings (SSSR count). The lowest BCUT2D eigenvalue weighted by Crippen LogP contribution is -2.01. The number of imidazole rings is 1. The van der Waals surface area contributed by atoms with Crippen LogP contribution in [0.2, 0.25) is 0 Å². The molecule has 0 saturated carbocycles. The Kier molecular flexibility index (Phi) is 6.61. The van der Waals surface area contributed by atoms with Crippen LogP contribution in [-0.4, -0.2) is 9.97 Å². The lowest BCUT2D eigenvalue weighted by atomic mass is 10.1. The van der Waals surface area contributed by atoms with Crippen LogP contribution in [0.3, 0.4) is 0 Å². The third kappa shape index (κ3) is 4.69. The number of aromatic nitrogens is 2. The minimum absolute atomic E-state index is 0.0949. The number of hydrogen-bond donors (Lipinski definition) is 1. The number of nitrogens with one attached hydrogen (secondary N) is 1. The molecule has 0 fully saturated rings. The van der Waals surface area contributed by atoms with E-state index >= 15 is 0 Å². The summed E-state index contributed by atoms with van der Waals surface area (Å²) in [6.45, 7) is 0.0949. The average molecular weight is 578 g/mol. The highest BCUT2D eigenvalue weighted by Crippen LogP contribution is 2.41. The zero-order valence-corrected chi connectivity index (χ0v) is 21.1. The van der Waals surface area contributed by atoms with Gasteiger partial charge in [0.15, 0.2) is 0 Å². The first-order valence-corrected chi connectivity index (χ1v) is 12.2. The van der Waals surface area contributed by atoms with Crippen LogP contribution in [0.1, 0.15) is 5.56 Å². The van der Waals surface area contributed by atoms with Crippen LogP contribution in [0.15, 0.2) is 106 Å². The molecule has 0 spiro atoms. The standard InChI is InChI=1S/C28H19Br2FN2O/c29-21-15-22(27(23(30)16-21)34-17-20-13-7-8-14-24(20)31)28-32-25(18-9-3-1-4-10-18)26(33-28)19-11-5-2-6-12-19/h1-16H,17H2,(H,32,33). The van der Waals surface area contributed by atoms with Gasteiger partial charge in [-0.25, -0.2) is 9.37 Å². The quantitative estimate of drug-likeness (QED) is 0.219. The van der Waals surface area contributed by atoms with Crippen LogP contribution >= 0.6 is 31.9 Å². The van der Waals surface area contributed by atoms with Crippen LogP contribution in [0.5, 0.6) is 5.75 Å². The molecular formula is C28H19Br2FN2O. The molecule has 34 heavy (non-hydrogen) atoms. The Labute approximate surface area is 213 Å². The molecule has 0 atom stereocenters. The van der Waals surface area contributed by atoms with Crippen molar-refractivity contribution in [3.8, 4) is 39.7 Å². The summed E-state index contributed by atoms with van der Waals surface area (Å²) in [4.78, 5) is 8.50. The minimum atomic E-state index is -0.298. The van der Waals surface area contributed by atoms with Gasteiger partial charge in [-0.05, 0) is 34.1 Å². The summed E-state index contributed by atoms with van der Waals surface area (Å²) in [5.74, 6) is 0.940. The molecule has 0 amide bonds. The van der Waals surface area contributed by atoms with Gasteiger partial charge in [-0.15, -0.1) is 0 Å². The van der Waals surface area contributed by atoms with E-state index in [1.165, 1.54) is 6.07 Å². The van der Waals surface area contributed by atoms with E-state index in [4.69, 9.17) is 9.72 Å². The van der Waals surface area contributed by atoms with Crippen LogP contribution in [0.25, 0.3) is 33.9 Å². The van der Waals surface area contributed by atoms with Gasteiger partial charge < -0.3 is 9.72 Å². The Morgan fingerprint density at radius 3 is 2.15 bits per heavy atom. The largest absolute Gasteiger partial charge is 0.487 e. The molecular weight excluding hydrogens is 559 g/mol. The molecule has 3 nitrogen and oxygen atoms in total. The zero-order valence-electron chi connectivity index (χ0n) is 17.9. The SMILES string of the molecule is Fc1ccccc1COc1c(Br)cc(Br)cc1-c1nc(-c2ccccc2)c(-c2ccccc2)[nH]1. The maximum atomic E-state index is 14.2. The topological polar surface area (TPSA) is 37.9 Å². The highest BCUT2D eigenvalue weighted by Gasteiger charge is 2.20. The Hall–Kier alpha value is -3.22. The van der Waals surface area contributed by atoms with Gasteiger partial charge in [0.05, 0.1) is 21.4 Å². The van der Waals surface area contributed by atoms with Crippen molar-refractivity contribution in [3.05, 3.63) is 117 Å². The molecule has 0 aliphatic heterocycles. The number of ether oxygens (including phenoxy) is 1. The predicted octanol–water partition coefficient (Wildman–Crippen LogP) is 8.65. The van der Waals surface area contributed by atoms with Gasteiger partial charge in [0.1, 0.15) is 24.0 Å². The van der Waals surface area contributed by atoms with Crippen molar-refractivity contribution in [1.82, 2.24) is 9.97 Å². The van der Waals surface area contributed by atoms with Gasteiger partial charge in [0.25, 0.3) is 0 Å². The van der Waals surface area contributed by atoms with Gasteiger partial charge >= 0.3 is 0 Å². The molecule has 6 heteroatoms. The van der Waals surface area contributed by atoms with Crippen LogP contribution < -0.4 is 4.74 Å². The molecule has 0 unspecified atom stereocenters. The van der Waals surface area contributed by atoms with Crippen molar-refractivity contribution in [3.63, 3.8) is 0 Å². The maximum absolute atomic E-state index is 14.2. The van der Waals surface area contributed by atoms with Crippen molar-refractivity contribution in [2.75, 3.05) is 0 Å². The van der Waals surface area contributed by atoms with Gasteiger partial charge in [-0.3, -0.25) is 0 Å². The number of aromatic amines is 1. The summed E-state index contributed by atoms with van der Waals surface area (Å²) in [7, 11) is 0. The Bertz CT molecular complexity index is 1380. The van der Waals surface area contributed by atoms with Crippen molar-refractivity contribution < 1.29 is 9.13 Å². The number of H-pyrrole nitrogens is 1. The van der Waals surface area contributed by atoms with E-state index in [1.807, 2.05) is 60.7 Å². The molecule has 1 heterocycles. The maximum Gasteiger partial charge on any atom is 0.145 e. The second kappa shape index (κ2) is 9.95. The van der Waals surface area contributed by atoms with E-state index in [0.29, 0.717) is 17.1 Å². The summed E-state index contributed by atoms with van der Waals surface area (Å²) < 4.78 is 21.9. The first kappa shape index (κ1) is 22.6. The molecule has 0 aliphatic rings. The molecule has 1 N–H and O–H groups in total. The monoisotopic (exact) mass is 576 g/mol. The van der Waals surface area contributed by atoms with Crippen molar-refractivity contribution in [2.24, 2.45) is 0 Å². The molecule has 5 aromatic rings. The summed E-state index contributed by atoms with van der Waals surface area (Å²) >= 11 is 7.19. The fourth-order valence-electron chi connectivity index (χ4n) is 3.77. The molecule has 0 saturated heterocycles. The van der Waals surface area contributed by atoms with Gasteiger partial charge in [-0.2, -0.15) is 0 Å². The molecule has 0 aliphatic carbocycles. The third-order valence-corrected chi connectivity index (χ3v) is 6.45. The van der Waals surface area contributed by atoms with Crippen molar-refractivity contribution >= 4 is 31.9 Å². The second-order valence-electron chi connectivity index (χ2n) is 7.69.